The van der Waals surface area contributed by atoms with E-state index < -0.39 is 11.6 Å². The van der Waals surface area contributed by atoms with E-state index in [2.05, 4.69) is 62.8 Å². The van der Waals surface area contributed by atoms with Crippen LogP contribution in [0.4, 0.5) is 0 Å². The topological polar surface area (TPSA) is 160 Å². The quantitative estimate of drug-likeness (QED) is 0.0833. The third-order valence-electron chi connectivity index (χ3n) is 7.74. The average Bonchev–Trinajstić information content (AvgIpc) is 3.03. The van der Waals surface area contributed by atoms with Crippen molar-refractivity contribution >= 4 is 35.7 Å². The monoisotopic (exact) mass is 747 g/mol. The van der Waals surface area contributed by atoms with E-state index in [-0.39, 0.29) is 65.7 Å². The molecule has 1 aromatic carbocycles. The van der Waals surface area contributed by atoms with Crippen molar-refractivity contribution in [3.8, 4) is 0 Å². The number of carbonyl (C=O) groups excluding carboxylic acids is 6. The van der Waals surface area contributed by atoms with Gasteiger partial charge in [0.15, 0.2) is 11.6 Å². The van der Waals surface area contributed by atoms with Crippen molar-refractivity contribution in [3.63, 3.8) is 0 Å². The number of hydrogen-bond acceptors (Lipinski definition) is 7. The molecule has 1 rings (SSSR count). The second kappa shape index (κ2) is 26.2. The molecule has 0 saturated heterocycles. The molecular weight excluding hydrogens is 672 g/mol. The van der Waals surface area contributed by atoms with E-state index >= 15 is 0 Å². The Hall–Kier alpha value is -3.60. The standard InChI is InChI=1S/C28H46N2O4.C11H20N2O3.C3H8/c1-19(2)16-23(17-20(3)4)25(32)21-10-12-22(13-11-21)26(33)29-18-24(31)30-28(8,9)14-15-34-27(5,6)7;1-7(2)9(15)5-12-11(16)10(8(3)4)13-6-14;1-3-2/h10-13,19-20,23H,14-18H2,1-9H3,(H,29,33)(H,30,31);6-8,10H,5H2,1-4H3,(H,12,16)(H,13,14);3H2,1-2H3. The molecule has 11 nitrogen and oxygen atoms in total. The summed E-state index contributed by atoms with van der Waals surface area (Å²) in [6.07, 6.45) is 4.11. The zero-order chi connectivity index (χ0) is 41.5. The van der Waals surface area contributed by atoms with E-state index in [1.165, 1.54) is 6.42 Å². The number of nitrogens with one attached hydrogen (secondary N) is 4. The van der Waals surface area contributed by atoms with Crippen molar-refractivity contribution in [3.05, 3.63) is 35.4 Å². The van der Waals surface area contributed by atoms with Gasteiger partial charge in [-0.05, 0) is 83.8 Å². The SMILES string of the molecule is CC(C)C(=O)CNC(=O)C(NC=O)C(C)C.CC(C)CC(CC(C)C)C(=O)c1ccc(C(=O)NCC(=O)NC(C)(C)CCOC(C)(C)C)cc1.CCC. The molecule has 1 aromatic rings. The Balaban J connectivity index is 0. The Kier molecular flexibility index (Phi) is 25.5. The highest BCUT2D eigenvalue weighted by Crippen LogP contribution is 2.24. The van der Waals surface area contributed by atoms with E-state index in [1.54, 1.807) is 38.1 Å². The van der Waals surface area contributed by atoms with E-state index in [9.17, 15) is 28.8 Å². The number of amides is 4. The number of hydrogen-bond donors (Lipinski definition) is 4. The molecule has 0 fully saturated rings. The van der Waals surface area contributed by atoms with Gasteiger partial charge in [0.25, 0.3) is 5.91 Å². The lowest BCUT2D eigenvalue weighted by Gasteiger charge is -2.28. The fraction of sp³-hybridized carbons (Fsp3) is 0.714. The minimum Gasteiger partial charge on any atom is -0.376 e. The summed E-state index contributed by atoms with van der Waals surface area (Å²) in [5, 5.41) is 10.5. The summed E-state index contributed by atoms with van der Waals surface area (Å²) < 4.78 is 5.74. The smallest absolute Gasteiger partial charge is 0.251 e. The first-order chi connectivity index (χ1) is 24.4. The maximum absolute atomic E-state index is 13.0. The van der Waals surface area contributed by atoms with Gasteiger partial charge in [-0.2, -0.15) is 0 Å². The van der Waals surface area contributed by atoms with Crippen molar-refractivity contribution in [2.24, 2.45) is 29.6 Å². The molecule has 0 aliphatic rings. The molecule has 0 heterocycles. The number of rotatable bonds is 20. The van der Waals surface area contributed by atoms with E-state index in [0.717, 1.165) is 12.8 Å². The van der Waals surface area contributed by atoms with Crippen LogP contribution in [0, 0.1) is 29.6 Å². The zero-order valence-corrected chi connectivity index (χ0v) is 35.7. The molecule has 0 bridgehead atoms. The highest BCUT2D eigenvalue weighted by Gasteiger charge is 2.25. The Morgan fingerprint density at radius 2 is 1.25 bits per heavy atom. The highest BCUT2D eigenvalue weighted by atomic mass is 16.5. The fourth-order valence-electron chi connectivity index (χ4n) is 4.96. The van der Waals surface area contributed by atoms with Crippen LogP contribution >= 0.6 is 0 Å². The van der Waals surface area contributed by atoms with Crippen molar-refractivity contribution in [2.75, 3.05) is 19.7 Å². The van der Waals surface area contributed by atoms with Gasteiger partial charge in [-0.25, -0.2) is 0 Å². The van der Waals surface area contributed by atoms with Crippen LogP contribution in [0.2, 0.25) is 0 Å². The van der Waals surface area contributed by atoms with Gasteiger partial charge >= 0.3 is 0 Å². The lowest BCUT2D eigenvalue weighted by Crippen LogP contribution is -2.48. The third kappa shape index (κ3) is 25.1. The molecule has 1 unspecified atom stereocenters. The second-order valence-corrected chi connectivity index (χ2v) is 16.8. The summed E-state index contributed by atoms with van der Waals surface area (Å²) in [6.45, 7) is 30.2. The Morgan fingerprint density at radius 3 is 1.66 bits per heavy atom. The molecule has 4 amide bonds. The van der Waals surface area contributed by atoms with Crippen LogP contribution in [0.5, 0.6) is 0 Å². The fourth-order valence-corrected chi connectivity index (χ4v) is 4.96. The summed E-state index contributed by atoms with van der Waals surface area (Å²) in [7, 11) is 0. The molecule has 0 aliphatic carbocycles. The van der Waals surface area contributed by atoms with Gasteiger partial charge in [0.1, 0.15) is 6.04 Å². The second-order valence-electron chi connectivity index (χ2n) is 16.8. The number of Topliss-reactive ketones (excluding diaryl/α,β-unsaturated/α-hetero) is 2. The Bertz CT molecular complexity index is 1240. The van der Waals surface area contributed by atoms with E-state index in [1.807, 2.05) is 48.5 Å². The maximum Gasteiger partial charge on any atom is 0.251 e. The predicted octanol–water partition coefficient (Wildman–Crippen LogP) is 6.92. The zero-order valence-electron chi connectivity index (χ0n) is 35.7. The average molecular weight is 747 g/mol. The first kappa shape index (κ1) is 51.5. The first-order valence-electron chi connectivity index (χ1n) is 19.3. The summed E-state index contributed by atoms with van der Waals surface area (Å²) in [5.74, 6) is -0.0593. The normalized spacial score (nSPS) is 12.0. The van der Waals surface area contributed by atoms with E-state index in [0.29, 0.717) is 42.4 Å². The minimum atomic E-state index is -0.586. The summed E-state index contributed by atoms with van der Waals surface area (Å²) in [4.78, 5) is 71.1. The summed E-state index contributed by atoms with van der Waals surface area (Å²) >= 11 is 0. The lowest BCUT2D eigenvalue weighted by atomic mass is 9.84. The van der Waals surface area contributed by atoms with Crippen molar-refractivity contribution in [1.29, 1.82) is 0 Å². The van der Waals surface area contributed by atoms with E-state index in [4.69, 9.17) is 4.74 Å². The number of benzene rings is 1. The van der Waals surface area contributed by atoms with Gasteiger partial charge in [0.2, 0.25) is 18.2 Å². The lowest BCUT2D eigenvalue weighted by molar-refractivity contribution is -0.129. The van der Waals surface area contributed by atoms with Crippen LogP contribution in [0.3, 0.4) is 0 Å². The van der Waals surface area contributed by atoms with Crippen molar-refractivity contribution < 1.29 is 33.5 Å². The van der Waals surface area contributed by atoms with Crippen LogP contribution in [-0.2, 0) is 23.9 Å². The highest BCUT2D eigenvalue weighted by molar-refractivity contribution is 6.00. The molecule has 11 heteroatoms. The van der Waals surface area contributed by atoms with Crippen molar-refractivity contribution in [2.45, 2.75) is 147 Å². The van der Waals surface area contributed by atoms with Gasteiger partial charge < -0.3 is 26.0 Å². The molecule has 0 aromatic heterocycles. The number of carbonyl (C=O) groups is 6. The number of ketones is 2. The van der Waals surface area contributed by atoms with Crippen LogP contribution in [-0.4, -0.2) is 72.6 Å². The molecule has 53 heavy (non-hydrogen) atoms. The molecular formula is C42H74N4O7. The molecule has 304 valence electrons. The van der Waals surface area contributed by atoms with Gasteiger partial charge in [-0.15, -0.1) is 0 Å². The van der Waals surface area contributed by atoms with Crippen LogP contribution < -0.4 is 21.3 Å². The van der Waals surface area contributed by atoms with Gasteiger partial charge in [0.05, 0.1) is 18.7 Å². The summed E-state index contributed by atoms with van der Waals surface area (Å²) in [6, 6.07) is 6.14. The number of ether oxygens (including phenoxy) is 1. The Morgan fingerprint density at radius 1 is 0.755 bits per heavy atom. The first-order valence-corrected chi connectivity index (χ1v) is 19.3. The maximum atomic E-state index is 13.0. The molecule has 0 spiro atoms. The molecule has 0 aliphatic heterocycles. The molecule has 4 N–H and O–H groups in total. The summed E-state index contributed by atoms with van der Waals surface area (Å²) in [5.41, 5.74) is 0.376. The molecule has 0 radical (unpaired) electrons. The van der Waals surface area contributed by atoms with Gasteiger partial charge in [-0.3, -0.25) is 28.8 Å². The van der Waals surface area contributed by atoms with Crippen LogP contribution in [0.1, 0.15) is 150 Å². The largest absolute Gasteiger partial charge is 0.376 e. The molecule has 0 saturated carbocycles. The van der Waals surface area contributed by atoms with Gasteiger partial charge in [-0.1, -0.05) is 87.8 Å². The molecule has 1 atom stereocenters. The Labute approximate surface area is 321 Å². The van der Waals surface area contributed by atoms with Gasteiger partial charge in [0, 0.05) is 35.1 Å². The predicted molar refractivity (Wildman–Crippen MR) is 215 cm³/mol. The van der Waals surface area contributed by atoms with Crippen LogP contribution in [0.15, 0.2) is 24.3 Å². The van der Waals surface area contributed by atoms with Crippen LogP contribution in [0.25, 0.3) is 0 Å². The van der Waals surface area contributed by atoms with Crippen molar-refractivity contribution in [1.82, 2.24) is 21.3 Å². The minimum absolute atomic E-state index is 0.0134. The third-order valence-corrected chi connectivity index (χ3v) is 7.74.